The van der Waals surface area contributed by atoms with Crippen molar-refractivity contribution in [3.05, 3.63) is 113 Å². The molecule has 0 spiro atoms. The van der Waals surface area contributed by atoms with E-state index in [1.165, 1.54) is 0 Å². The molecule has 0 fully saturated rings. The summed E-state index contributed by atoms with van der Waals surface area (Å²) >= 11 is 0. The number of benzene rings is 3. The second kappa shape index (κ2) is 6.44. The zero-order valence-corrected chi connectivity index (χ0v) is 15.1. The Morgan fingerprint density at radius 3 is 2.00 bits per heavy atom. The lowest BCUT2D eigenvalue weighted by molar-refractivity contribution is 0.0978. The first-order valence-electron chi connectivity index (χ1n) is 9.22. The Hall–Kier alpha value is -3.77. The molecule has 0 unspecified atom stereocenters. The van der Waals surface area contributed by atoms with Gasteiger partial charge in [0.05, 0.1) is 11.6 Å². The summed E-state index contributed by atoms with van der Waals surface area (Å²) in [5, 5.41) is 10.9. The van der Waals surface area contributed by atoms with Gasteiger partial charge in [-0.05, 0) is 12.1 Å². The molecule has 3 aromatic carbocycles. The molecule has 0 atom stereocenters. The topological polar surface area (TPSA) is 46.2 Å². The largest absolute Gasteiger partial charge is 0.472 e. The van der Waals surface area contributed by atoms with E-state index in [4.69, 9.17) is 9.15 Å². The van der Waals surface area contributed by atoms with Gasteiger partial charge in [-0.2, -0.15) is 5.26 Å². The molecule has 1 aliphatic rings. The molecule has 0 N–H and O–H groups in total. The highest BCUT2D eigenvalue weighted by atomic mass is 16.5. The summed E-state index contributed by atoms with van der Waals surface area (Å²) in [6.45, 7) is 0. The number of nitriles is 1. The van der Waals surface area contributed by atoms with Crippen molar-refractivity contribution in [2.75, 3.05) is 0 Å². The molecule has 3 nitrogen and oxygen atoms in total. The maximum atomic E-state index is 9.87. The van der Waals surface area contributed by atoms with E-state index in [2.05, 4.69) is 6.07 Å². The highest BCUT2D eigenvalue weighted by Gasteiger charge is 2.45. The fourth-order valence-electron chi connectivity index (χ4n) is 3.89. The van der Waals surface area contributed by atoms with Crippen LogP contribution in [0.3, 0.4) is 0 Å². The normalized spacial score (nSPS) is 15.4. The average Bonchev–Trinajstić information content (AvgIpc) is 3.37. The first-order chi connectivity index (χ1) is 13.8. The van der Waals surface area contributed by atoms with E-state index in [0.29, 0.717) is 23.5 Å². The van der Waals surface area contributed by atoms with Crippen LogP contribution in [0.2, 0.25) is 0 Å². The average molecular weight is 363 g/mol. The summed E-state index contributed by atoms with van der Waals surface area (Å²) in [5.41, 5.74) is 2.65. The Morgan fingerprint density at radius 2 is 1.39 bits per heavy atom. The number of hydrogen-bond acceptors (Lipinski definition) is 3. The predicted octanol–water partition coefficient (Wildman–Crippen LogP) is 6.03. The van der Waals surface area contributed by atoms with Crippen molar-refractivity contribution in [3.63, 3.8) is 0 Å². The molecule has 0 aliphatic carbocycles. The Bertz CT molecular complexity index is 1140. The van der Waals surface area contributed by atoms with E-state index in [1.807, 2.05) is 91.0 Å². The lowest BCUT2D eigenvalue weighted by atomic mass is 9.82. The molecule has 2 heterocycles. The second-order valence-electron chi connectivity index (χ2n) is 6.91. The molecule has 0 saturated carbocycles. The molecule has 134 valence electrons. The van der Waals surface area contributed by atoms with Crippen LogP contribution in [0.1, 0.15) is 23.3 Å². The molecule has 0 radical (unpaired) electrons. The minimum atomic E-state index is -0.748. The van der Waals surface area contributed by atoms with Gasteiger partial charge in [0.1, 0.15) is 5.58 Å². The Balaban J connectivity index is 1.67. The number of hydrogen-bond donors (Lipinski definition) is 0. The third-order valence-electron chi connectivity index (χ3n) is 5.24. The van der Waals surface area contributed by atoms with Gasteiger partial charge in [-0.1, -0.05) is 78.9 Å². The number of rotatable bonds is 3. The first kappa shape index (κ1) is 16.4. The summed E-state index contributed by atoms with van der Waals surface area (Å²) in [7, 11) is 0. The van der Waals surface area contributed by atoms with Crippen molar-refractivity contribution in [1.82, 2.24) is 0 Å². The fourth-order valence-corrected chi connectivity index (χ4v) is 3.89. The zero-order valence-electron chi connectivity index (χ0n) is 15.1. The molecule has 3 heteroatoms. The maximum Gasteiger partial charge on any atom is 0.177 e. The molecule has 1 aliphatic heterocycles. The molecule has 0 bridgehead atoms. The van der Waals surface area contributed by atoms with E-state index in [1.54, 1.807) is 0 Å². The molecular formula is C25H17NO2. The van der Waals surface area contributed by atoms with Crippen molar-refractivity contribution < 1.29 is 9.15 Å². The smallest absolute Gasteiger partial charge is 0.177 e. The first-order valence-corrected chi connectivity index (χ1v) is 9.22. The molecular weight excluding hydrogens is 346 g/mol. The molecule has 0 saturated heterocycles. The molecule has 4 aromatic rings. The van der Waals surface area contributed by atoms with Gasteiger partial charge in [-0.25, -0.2) is 0 Å². The van der Waals surface area contributed by atoms with Gasteiger partial charge in [-0.15, -0.1) is 0 Å². The van der Waals surface area contributed by atoms with E-state index in [-0.39, 0.29) is 0 Å². The fraction of sp³-hybridized carbons (Fsp3) is 0.0800. The summed E-state index contributed by atoms with van der Waals surface area (Å²) in [6, 6.07) is 32.2. The lowest BCUT2D eigenvalue weighted by Gasteiger charge is -2.30. The van der Waals surface area contributed by atoms with Crippen LogP contribution in [0.25, 0.3) is 16.7 Å². The Labute approximate surface area is 163 Å². The number of nitrogens with zero attached hydrogens (tertiary/aromatic N) is 1. The number of fused-ring (bicyclic) bond motifs is 1. The number of para-hydroxylation sites is 1. The van der Waals surface area contributed by atoms with E-state index in [0.717, 1.165) is 22.1 Å². The molecule has 1 aromatic heterocycles. The van der Waals surface area contributed by atoms with Gasteiger partial charge in [0, 0.05) is 22.9 Å². The highest BCUT2D eigenvalue weighted by molar-refractivity contribution is 5.82. The van der Waals surface area contributed by atoms with Crippen molar-refractivity contribution >= 4 is 16.7 Å². The van der Waals surface area contributed by atoms with Gasteiger partial charge >= 0.3 is 0 Å². The summed E-state index contributed by atoms with van der Waals surface area (Å²) < 4.78 is 12.6. The van der Waals surface area contributed by atoms with Gasteiger partial charge in [0.2, 0.25) is 0 Å². The third-order valence-corrected chi connectivity index (χ3v) is 5.24. The summed E-state index contributed by atoms with van der Waals surface area (Å²) in [5.74, 6) is 1.11. The quantitative estimate of drug-likeness (QED) is 0.446. The third kappa shape index (κ3) is 2.51. The van der Waals surface area contributed by atoms with Crippen molar-refractivity contribution in [2.45, 2.75) is 12.0 Å². The highest BCUT2D eigenvalue weighted by Crippen LogP contribution is 2.49. The minimum Gasteiger partial charge on any atom is -0.472 e. The lowest BCUT2D eigenvalue weighted by Crippen LogP contribution is -2.27. The maximum absolute atomic E-state index is 9.87. The van der Waals surface area contributed by atoms with Crippen LogP contribution in [-0.4, -0.2) is 0 Å². The van der Waals surface area contributed by atoms with Crippen LogP contribution in [0.5, 0.6) is 0 Å². The van der Waals surface area contributed by atoms with E-state index < -0.39 is 5.60 Å². The van der Waals surface area contributed by atoms with Crippen LogP contribution in [0.15, 0.2) is 101 Å². The van der Waals surface area contributed by atoms with Crippen LogP contribution in [-0.2, 0) is 10.3 Å². The van der Waals surface area contributed by atoms with Crippen molar-refractivity contribution in [3.8, 4) is 6.07 Å². The Kier molecular flexibility index (Phi) is 3.77. The minimum absolute atomic E-state index is 0.462. The van der Waals surface area contributed by atoms with Crippen LogP contribution < -0.4 is 0 Å². The summed E-state index contributed by atoms with van der Waals surface area (Å²) in [4.78, 5) is 0. The van der Waals surface area contributed by atoms with Gasteiger partial charge in [0.25, 0.3) is 0 Å². The zero-order chi connectivity index (χ0) is 19.0. The molecule has 28 heavy (non-hydrogen) atoms. The van der Waals surface area contributed by atoms with Crippen LogP contribution >= 0.6 is 0 Å². The van der Waals surface area contributed by atoms with Crippen LogP contribution in [0, 0.1) is 11.3 Å². The van der Waals surface area contributed by atoms with Gasteiger partial charge in [0.15, 0.2) is 17.1 Å². The molecule has 5 rings (SSSR count). The van der Waals surface area contributed by atoms with Crippen molar-refractivity contribution in [2.24, 2.45) is 0 Å². The van der Waals surface area contributed by atoms with Crippen molar-refractivity contribution in [1.29, 1.82) is 5.26 Å². The predicted molar refractivity (Wildman–Crippen MR) is 108 cm³/mol. The van der Waals surface area contributed by atoms with E-state index >= 15 is 0 Å². The van der Waals surface area contributed by atoms with E-state index in [9.17, 15) is 5.26 Å². The monoisotopic (exact) mass is 363 g/mol. The van der Waals surface area contributed by atoms with Gasteiger partial charge in [-0.3, -0.25) is 0 Å². The second-order valence-corrected chi connectivity index (χ2v) is 6.91. The Morgan fingerprint density at radius 1 is 0.786 bits per heavy atom. The van der Waals surface area contributed by atoms with Gasteiger partial charge < -0.3 is 9.15 Å². The molecule has 0 amide bonds. The summed E-state index contributed by atoms with van der Waals surface area (Å²) in [6.07, 6.45) is 0.462. The number of ether oxygens (including phenoxy) is 1. The number of furan rings is 1. The van der Waals surface area contributed by atoms with Crippen LogP contribution in [0.4, 0.5) is 0 Å². The standard InChI is InChI=1S/C25H17NO2/c26-17-19-16-25(20-10-3-1-4-11-20,21-12-5-2-6-13-21)28-24(19)23-15-18-9-7-8-14-22(18)27-23/h1-15H,16H2. The SMILES string of the molecule is N#CC1=C(c2cc3ccccc3o2)OC(c2ccccc2)(c2ccccc2)C1.